The number of hydrogen-bond acceptors (Lipinski definition) is 7. The van der Waals surface area contributed by atoms with Gasteiger partial charge in [-0.1, -0.05) is 18.2 Å². The average molecular weight is 356 g/mol. The van der Waals surface area contributed by atoms with Crippen LogP contribution in [-0.4, -0.2) is 21.5 Å². The standard InChI is InChI=1S/C20H16N6O/c21-12-15(19-25-17-5-1-2-6-18(17)27-19)16-8-11-24-20(26-16)23-10-7-14-4-3-9-22-13-14/h1-6,8-9,11,13,25H,7,10H2,(H,23,24,26)/b19-15-. The minimum absolute atomic E-state index is 0.323. The van der Waals surface area contributed by atoms with Crippen molar-refractivity contribution in [2.24, 2.45) is 0 Å². The molecular formula is C20H16N6O. The molecule has 0 fully saturated rings. The third-order valence-corrected chi connectivity index (χ3v) is 4.02. The van der Waals surface area contributed by atoms with Gasteiger partial charge in [0.15, 0.2) is 5.75 Å². The van der Waals surface area contributed by atoms with Gasteiger partial charge in [0.05, 0.1) is 11.4 Å². The highest BCUT2D eigenvalue weighted by molar-refractivity contribution is 5.81. The Hall–Kier alpha value is -3.92. The molecule has 0 bridgehead atoms. The zero-order valence-corrected chi connectivity index (χ0v) is 14.4. The van der Waals surface area contributed by atoms with Crippen LogP contribution in [0.4, 0.5) is 11.6 Å². The number of anilines is 2. The maximum Gasteiger partial charge on any atom is 0.223 e. The quantitative estimate of drug-likeness (QED) is 0.678. The number of para-hydroxylation sites is 2. The van der Waals surface area contributed by atoms with Gasteiger partial charge in [-0.05, 0) is 36.2 Å². The van der Waals surface area contributed by atoms with E-state index in [0.717, 1.165) is 17.7 Å². The number of rotatable bonds is 5. The maximum absolute atomic E-state index is 9.62. The van der Waals surface area contributed by atoms with Gasteiger partial charge in [0.25, 0.3) is 0 Å². The first kappa shape index (κ1) is 16.5. The summed E-state index contributed by atoms with van der Waals surface area (Å²) in [5.74, 6) is 1.52. The second kappa shape index (κ2) is 7.54. The number of ether oxygens (including phenoxy) is 1. The summed E-state index contributed by atoms with van der Waals surface area (Å²) in [6.07, 6.45) is 6.00. The molecule has 2 aromatic heterocycles. The van der Waals surface area contributed by atoms with E-state index in [-0.39, 0.29) is 0 Å². The van der Waals surface area contributed by atoms with Crippen LogP contribution < -0.4 is 15.4 Å². The summed E-state index contributed by atoms with van der Waals surface area (Å²) in [6, 6.07) is 15.3. The number of allylic oxidation sites excluding steroid dienone is 1. The van der Waals surface area contributed by atoms with Gasteiger partial charge in [-0.3, -0.25) is 4.98 Å². The summed E-state index contributed by atoms with van der Waals surface area (Å²) in [5, 5.41) is 15.9. The first-order valence-electron chi connectivity index (χ1n) is 8.48. The number of fused-ring (bicyclic) bond motifs is 1. The number of nitriles is 1. The van der Waals surface area contributed by atoms with Gasteiger partial charge in [0.1, 0.15) is 11.6 Å². The van der Waals surface area contributed by atoms with Crippen LogP contribution >= 0.6 is 0 Å². The van der Waals surface area contributed by atoms with Crippen molar-refractivity contribution in [3.63, 3.8) is 0 Å². The van der Waals surface area contributed by atoms with Crippen molar-refractivity contribution in [1.82, 2.24) is 15.0 Å². The van der Waals surface area contributed by atoms with Gasteiger partial charge in [0.2, 0.25) is 11.8 Å². The molecule has 4 rings (SSSR count). The van der Waals surface area contributed by atoms with Gasteiger partial charge in [-0.2, -0.15) is 5.26 Å². The number of nitrogens with one attached hydrogen (secondary N) is 2. The Bertz CT molecular complexity index is 999. The third-order valence-electron chi connectivity index (χ3n) is 4.02. The molecule has 0 amide bonds. The minimum atomic E-state index is 0.323. The SMILES string of the molecule is N#C/C(=C1\Nc2ccccc2O1)c1ccnc(NCCc2cccnc2)n1. The Kier molecular flexibility index (Phi) is 4.62. The summed E-state index contributed by atoms with van der Waals surface area (Å²) in [7, 11) is 0. The summed E-state index contributed by atoms with van der Waals surface area (Å²) < 4.78 is 5.75. The van der Waals surface area contributed by atoms with E-state index < -0.39 is 0 Å². The third kappa shape index (κ3) is 3.70. The first-order valence-corrected chi connectivity index (χ1v) is 8.48. The molecule has 7 heteroatoms. The summed E-state index contributed by atoms with van der Waals surface area (Å²) in [5.41, 5.74) is 2.77. The van der Waals surface area contributed by atoms with E-state index in [0.29, 0.717) is 35.4 Å². The summed E-state index contributed by atoms with van der Waals surface area (Å²) in [6.45, 7) is 0.661. The van der Waals surface area contributed by atoms with Crippen molar-refractivity contribution in [1.29, 1.82) is 5.26 Å². The van der Waals surface area contributed by atoms with E-state index in [4.69, 9.17) is 4.74 Å². The van der Waals surface area contributed by atoms with E-state index in [1.807, 2.05) is 42.6 Å². The zero-order valence-electron chi connectivity index (χ0n) is 14.4. The molecule has 7 nitrogen and oxygen atoms in total. The normalized spacial score (nSPS) is 13.7. The Balaban J connectivity index is 1.50. The molecule has 1 aliphatic rings. The second-order valence-electron chi connectivity index (χ2n) is 5.84. The largest absolute Gasteiger partial charge is 0.437 e. The van der Waals surface area contributed by atoms with Gasteiger partial charge in [0, 0.05) is 25.1 Å². The Morgan fingerprint density at radius 3 is 2.89 bits per heavy atom. The fourth-order valence-corrected chi connectivity index (χ4v) is 2.70. The minimum Gasteiger partial charge on any atom is -0.437 e. The van der Waals surface area contributed by atoms with E-state index in [1.54, 1.807) is 18.5 Å². The lowest BCUT2D eigenvalue weighted by Crippen LogP contribution is -2.09. The molecular weight excluding hydrogens is 340 g/mol. The lowest BCUT2D eigenvalue weighted by atomic mass is 10.2. The van der Waals surface area contributed by atoms with Gasteiger partial charge >= 0.3 is 0 Å². The molecule has 1 aromatic carbocycles. The van der Waals surface area contributed by atoms with E-state index >= 15 is 0 Å². The van der Waals surface area contributed by atoms with Crippen LogP contribution in [0.1, 0.15) is 11.3 Å². The molecule has 0 atom stereocenters. The Morgan fingerprint density at radius 1 is 1.15 bits per heavy atom. The topological polar surface area (TPSA) is 95.8 Å². The van der Waals surface area contributed by atoms with Crippen molar-refractivity contribution in [3.8, 4) is 11.8 Å². The van der Waals surface area contributed by atoms with E-state index in [2.05, 4.69) is 31.7 Å². The van der Waals surface area contributed by atoms with Gasteiger partial charge < -0.3 is 15.4 Å². The van der Waals surface area contributed by atoms with E-state index in [9.17, 15) is 5.26 Å². The molecule has 0 spiro atoms. The smallest absolute Gasteiger partial charge is 0.223 e. The molecule has 3 heterocycles. The first-order chi connectivity index (χ1) is 13.3. The van der Waals surface area contributed by atoms with Crippen LogP contribution in [0.5, 0.6) is 5.75 Å². The van der Waals surface area contributed by atoms with Crippen LogP contribution in [0.3, 0.4) is 0 Å². The van der Waals surface area contributed by atoms with Crippen LogP contribution in [0.15, 0.2) is 66.9 Å². The number of aromatic nitrogens is 3. The molecule has 0 saturated carbocycles. The predicted molar refractivity (Wildman–Crippen MR) is 102 cm³/mol. The predicted octanol–water partition coefficient (Wildman–Crippen LogP) is 3.22. The molecule has 0 radical (unpaired) electrons. The molecule has 1 aliphatic heterocycles. The fraction of sp³-hybridized carbons (Fsp3) is 0.100. The molecule has 3 aromatic rings. The second-order valence-corrected chi connectivity index (χ2v) is 5.84. The highest BCUT2D eigenvalue weighted by atomic mass is 16.5. The Labute approximate surface area is 156 Å². The van der Waals surface area contributed by atoms with Crippen molar-refractivity contribution >= 4 is 17.2 Å². The lowest BCUT2D eigenvalue weighted by Gasteiger charge is -2.07. The average Bonchev–Trinajstić information content (AvgIpc) is 3.13. The monoisotopic (exact) mass is 356 g/mol. The van der Waals surface area contributed by atoms with Gasteiger partial charge in [-0.15, -0.1) is 0 Å². The molecule has 0 unspecified atom stereocenters. The summed E-state index contributed by atoms with van der Waals surface area (Å²) in [4.78, 5) is 12.8. The highest BCUT2D eigenvalue weighted by Crippen LogP contribution is 2.35. The molecule has 132 valence electrons. The van der Waals surface area contributed by atoms with Crippen LogP contribution in [-0.2, 0) is 6.42 Å². The van der Waals surface area contributed by atoms with Crippen molar-refractivity contribution in [3.05, 3.63) is 78.2 Å². The molecule has 2 N–H and O–H groups in total. The van der Waals surface area contributed by atoms with Crippen molar-refractivity contribution < 1.29 is 4.74 Å². The van der Waals surface area contributed by atoms with Crippen LogP contribution in [0.25, 0.3) is 5.57 Å². The van der Waals surface area contributed by atoms with E-state index in [1.165, 1.54) is 0 Å². The molecule has 0 saturated heterocycles. The lowest BCUT2D eigenvalue weighted by molar-refractivity contribution is 0.460. The molecule has 0 aliphatic carbocycles. The highest BCUT2D eigenvalue weighted by Gasteiger charge is 2.21. The van der Waals surface area contributed by atoms with Crippen LogP contribution in [0, 0.1) is 11.3 Å². The number of nitrogens with zero attached hydrogens (tertiary/aromatic N) is 4. The van der Waals surface area contributed by atoms with Crippen molar-refractivity contribution in [2.45, 2.75) is 6.42 Å². The molecule has 27 heavy (non-hydrogen) atoms. The van der Waals surface area contributed by atoms with Gasteiger partial charge in [-0.25, -0.2) is 9.97 Å². The zero-order chi connectivity index (χ0) is 18.5. The van der Waals surface area contributed by atoms with Crippen LogP contribution in [0.2, 0.25) is 0 Å². The number of pyridine rings is 1. The fourth-order valence-electron chi connectivity index (χ4n) is 2.70. The Morgan fingerprint density at radius 2 is 2.07 bits per heavy atom. The number of benzene rings is 1. The summed E-state index contributed by atoms with van der Waals surface area (Å²) >= 11 is 0. The number of hydrogen-bond donors (Lipinski definition) is 2. The maximum atomic E-state index is 9.62. The van der Waals surface area contributed by atoms with Crippen molar-refractivity contribution in [2.75, 3.05) is 17.2 Å².